The van der Waals surface area contributed by atoms with E-state index in [1.807, 2.05) is 0 Å². The molecule has 3 heterocycles. The molecule has 2 N–H and O–H groups in total. The van der Waals surface area contributed by atoms with E-state index < -0.39 is 34.4 Å². The smallest absolute Gasteiger partial charge is 0.354 e. The number of rotatable bonds is 8. The van der Waals surface area contributed by atoms with Gasteiger partial charge in [-0.3, -0.25) is 19.7 Å². The minimum atomic E-state index is -1.02. The summed E-state index contributed by atoms with van der Waals surface area (Å²) in [6.45, 7) is 7.18. The van der Waals surface area contributed by atoms with Crippen LogP contribution in [0.25, 0.3) is 5.76 Å². The molecule has 2 fully saturated rings. The number of nitrogens with zero attached hydrogens (tertiary/aromatic N) is 2. The largest absolute Gasteiger partial charge is 0.872 e. The van der Waals surface area contributed by atoms with Crippen molar-refractivity contribution in [2.75, 3.05) is 46.5 Å². The Balaban J connectivity index is 1.76. The minimum Gasteiger partial charge on any atom is -0.872 e. The van der Waals surface area contributed by atoms with Gasteiger partial charge < -0.3 is 29.4 Å². The van der Waals surface area contributed by atoms with Crippen molar-refractivity contribution in [1.29, 1.82) is 0 Å². The first-order valence-corrected chi connectivity index (χ1v) is 12.4. The highest BCUT2D eigenvalue weighted by atomic mass is 16.6. The first kappa shape index (κ1) is 27.0. The van der Waals surface area contributed by atoms with Crippen LogP contribution in [0.5, 0.6) is 0 Å². The maximum atomic E-state index is 13.9. The lowest BCUT2D eigenvalue weighted by Gasteiger charge is -2.29. The van der Waals surface area contributed by atoms with Gasteiger partial charge >= 0.3 is 5.97 Å². The number of carbonyl (C=O) groups is 3. The van der Waals surface area contributed by atoms with E-state index in [-0.39, 0.29) is 29.1 Å². The van der Waals surface area contributed by atoms with E-state index in [0.29, 0.717) is 36.5 Å². The highest BCUT2D eigenvalue weighted by Crippen LogP contribution is 2.40. The lowest BCUT2D eigenvalue weighted by Crippen LogP contribution is -3.14. The van der Waals surface area contributed by atoms with Crippen LogP contribution in [-0.4, -0.2) is 79.0 Å². The number of hydrogen-bond acceptors (Lipinski definition) is 8. The molecule has 202 valence electrons. The number of aryl methyl sites for hydroxylation is 1. The number of ketones is 1. The van der Waals surface area contributed by atoms with Gasteiger partial charge in [0.1, 0.15) is 18.8 Å². The summed E-state index contributed by atoms with van der Waals surface area (Å²) in [6, 6.07) is 4.46. The third-order valence-corrected chi connectivity index (χ3v) is 7.13. The number of nitro groups is 1. The van der Waals surface area contributed by atoms with Gasteiger partial charge in [-0.25, -0.2) is 4.79 Å². The van der Waals surface area contributed by atoms with E-state index in [2.05, 4.69) is 4.98 Å². The SMILES string of the molecule is COC(=O)c1[nH]c(C)c(/C([O-])=C2\C(=O)C(=O)N(CCC[NH+]3CCOCC3)C2c2ccc([N+](=O)[O-])cc2)c1C. The number of morpholine rings is 1. The van der Waals surface area contributed by atoms with Gasteiger partial charge in [-0.1, -0.05) is 5.76 Å². The third-order valence-electron chi connectivity index (χ3n) is 7.13. The fraction of sp³-hybridized carbons (Fsp3) is 0.423. The minimum absolute atomic E-state index is 0.0861. The van der Waals surface area contributed by atoms with E-state index in [9.17, 15) is 29.6 Å². The molecule has 0 saturated carbocycles. The van der Waals surface area contributed by atoms with E-state index >= 15 is 0 Å². The van der Waals surface area contributed by atoms with Crippen molar-refractivity contribution in [3.8, 4) is 0 Å². The molecule has 0 spiro atoms. The summed E-state index contributed by atoms with van der Waals surface area (Å²) >= 11 is 0. The maximum absolute atomic E-state index is 13.9. The number of ether oxygens (including phenoxy) is 2. The van der Waals surface area contributed by atoms with Gasteiger partial charge in [0.2, 0.25) is 5.78 Å². The molecular formula is C26H30N4O8. The number of likely N-dealkylation sites (tertiary alicyclic amines) is 1. The topological polar surface area (TPSA) is 159 Å². The summed E-state index contributed by atoms with van der Waals surface area (Å²) in [5.74, 6) is -3.05. The van der Waals surface area contributed by atoms with Gasteiger partial charge in [-0.2, -0.15) is 0 Å². The molecule has 0 aliphatic carbocycles. The lowest BCUT2D eigenvalue weighted by atomic mass is 9.94. The Bertz CT molecular complexity index is 1290. The number of benzene rings is 1. The molecule has 2 aliphatic heterocycles. The summed E-state index contributed by atoms with van der Waals surface area (Å²) in [5, 5.41) is 25.0. The number of aromatic nitrogens is 1. The summed E-state index contributed by atoms with van der Waals surface area (Å²) < 4.78 is 10.2. The Hall–Kier alpha value is -4.03. The van der Waals surface area contributed by atoms with Crippen molar-refractivity contribution >= 4 is 29.1 Å². The van der Waals surface area contributed by atoms with Gasteiger partial charge in [0.05, 0.1) is 37.8 Å². The first-order valence-electron chi connectivity index (χ1n) is 12.4. The van der Waals surface area contributed by atoms with Crippen LogP contribution in [0, 0.1) is 24.0 Å². The zero-order valence-corrected chi connectivity index (χ0v) is 21.5. The number of nitrogens with one attached hydrogen (secondary N) is 2. The highest BCUT2D eigenvalue weighted by molar-refractivity contribution is 6.46. The summed E-state index contributed by atoms with van der Waals surface area (Å²) in [6.07, 6.45) is 0.591. The zero-order chi connectivity index (χ0) is 27.6. The van der Waals surface area contributed by atoms with Crippen molar-refractivity contribution in [2.24, 2.45) is 0 Å². The molecule has 1 aromatic heterocycles. The van der Waals surface area contributed by atoms with E-state index in [4.69, 9.17) is 9.47 Å². The first-order chi connectivity index (χ1) is 18.1. The third kappa shape index (κ3) is 5.04. The average Bonchev–Trinajstić information content (AvgIpc) is 3.35. The van der Waals surface area contributed by atoms with Crippen LogP contribution >= 0.6 is 0 Å². The predicted octanol–water partition coefficient (Wildman–Crippen LogP) is -0.144. The maximum Gasteiger partial charge on any atom is 0.354 e. The van der Waals surface area contributed by atoms with Crippen LogP contribution < -0.4 is 10.0 Å². The summed E-state index contributed by atoms with van der Waals surface area (Å²) in [5.41, 5.74) is 0.886. The molecule has 4 rings (SSSR count). The summed E-state index contributed by atoms with van der Waals surface area (Å²) in [7, 11) is 1.22. The number of H-pyrrole nitrogens is 1. The standard InChI is InChI=1S/C26H30N4O8/c1-15-19(16(2)27-21(15)26(34)37-3)23(31)20-22(17-5-7-18(8-6-17)30(35)36)29(25(33)24(20)32)10-4-9-28-11-13-38-14-12-28/h5-8,22,27,31H,4,9-14H2,1-3H3/b23-20+. The lowest BCUT2D eigenvalue weighted by molar-refractivity contribution is -0.908. The molecule has 2 aliphatic rings. The van der Waals surface area contributed by atoms with Gasteiger partial charge in [-0.05, 0) is 42.7 Å². The van der Waals surface area contributed by atoms with Crippen molar-refractivity contribution in [2.45, 2.75) is 26.3 Å². The number of Topliss-reactive ketones (excluding diaryl/α,β-unsaturated/α-hetero) is 1. The van der Waals surface area contributed by atoms with Crippen LogP contribution in [0.3, 0.4) is 0 Å². The molecule has 1 aromatic carbocycles. The van der Waals surface area contributed by atoms with Crippen molar-refractivity contribution < 1.29 is 38.8 Å². The van der Waals surface area contributed by atoms with Crippen LogP contribution in [0.1, 0.15) is 45.3 Å². The van der Waals surface area contributed by atoms with Crippen molar-refractivity contribution in [3.05, 3.63) is 68.0 Å². The number of nitro benzene ring substituents is 1. The number of esters is 1. The normalized spacial score (nSPS) is 19.7. The zero-order valence-electron chi connectivity index (χ0n) is 21.5. The second kappa shape index (κ2) is 11.2. The van der Waals surface area contributed by atoms with E-state index in [0.717, 1.165) is 19.6 Å². The number of amides is 1. The van der Waals surface area contributed by atoms with Gasteiger partial charge in [0.15, 0.2) is 0 Å². The molecule has 38 heavy (non-hydrogen) atoms. The predicted molar refractivity (Wildman–Crippen MR) is 132 cm³/mol. The molecule has 2 aromatic rings. The van der Waals surface area contributed by atoms with Crippen LogP contribution in [0.15, 0.2) is 29.8 Å². The quantitative estimate of drug-likeness (QED) is 0.120. The number of methoxy groups -OCH3 is 1. The molecule has 12 heteroatoms. The molecule has 0 bridgehead atoms. The van der Waals surface area contributed by atoms with E-state index in [1.54, 1.807) is 13.8 Å². The summed E-state index contributed by atoms with van der Waals surface area (Å²) in [4.78, 5) is 54.8. The van der Waals surface area contributed by atoms with Crippen molar-refractivity contribution in [3.63, 3.8) is 0 Å². The van der Waals surface area contributed by atoms with Crippen molar-refractivity contribution in [1.82, 2.24) is 9.88 Å². The molecule has 1 unspecified atom stereocenters. The second-order valence-electron chi connectivity index (χ2n) is 9.40. The van der Waals surface area contributed by atoms with Gasteiger partial charge in [0, 0.05) is 36.4 Å². The molecule has 12 nitrogen and oxygen atoms in total. The Kier molecular flexibility index (Phi) is 7.93. The Morgan fingerprint density at radius 2 is 1.87 bits per heavy atom. The number of carbonyl (C=O) groups excluding carboxylic acids is 3. The fourth-order valence-electron chi connectivity index (χ4n) is 5.17. The van der Waals surface area contributed by atoms with Crippen LogP contribution in [-0.2, 0) is 19.1 Å². The molecule has 1 amide bonds. The Labute approximate surface area is 219 Å². The Morgan fingerprint density at radius 3 is 2.47 bits per heavy atom. The van der Waals surface area contributed by atoms with Crippen LogP contribution in [0.4, 0.5) is 5.69 Å². The van der Waals surface area contributed by atoms with E-state index in [1.165, 1.54) is 41.2 Å². The number of quaternary nitrogens is 1. The van der Waals surface area contributed by atoms with Gasteiger partial charge in [-0.15, -0.1) is 0 Å². The monoisotopic (exact) mass is 526 g/mol. The number of non-ortho nitro benzene ring substituents is 1. The Morgan fingerprint density at radius 1 is 1.21 bits per heavy atom. The highest BCUT2D eigenvalue weighted by Gasteiger charge is 2.44. The van der Waals surface area contributed by atoms with Gasteiger partial charge in [0.25, 0.3) is 11.6 Å². The molecule has 2 saturated heterocycles. The number of hydrogen-bond donors (Lipinski definition) is 2. The fourth-order valence-corrected chi connectivity index (χ4v) is 5.17. The molecular weight excluding hydrogens is 496 g/mol. The number of aromatic amines is 1. The second-order valence-corrected chi connectivity index (χ2v) is 9.40. The average molecular weight is 527 g/mol. The molecule has 1 atom stereocenters. The molecule has 0 radical (unpaired) electrons. The van der Waals surface area contributed by atoms with Crippen LogP contribution in [0.2, 0.25) is 0 Å².